The molecule has 0 heterocycles. The molecule has 0 aliphatic carbocycles. The Morgan fingerprint density at radius 1 is 1.55 bits per heavy atom. The van der Waals surface area contributed by atoms with Gasteiger partial charge in [0.1, 0.15) is 0 Å². The minimum atomic E-state index is 0.607. The van der Waals surface area contributed by atoms with Crippen molar-refractivity contribution in [3.63, 3.8) is 0 Å². The van der Waals surface area contributed by atoms with Crippen LogP contribution in [-0.2, 0) is 0 Å². The first-order chi connectivity index (χ1) is 5.20. The maximum Gasteiger partial charge on any atom is 0.0310 e. The van der Waals surface area contributed by atoms with Gasteiger partial charge in [0.2, 0.25) is 0 Å². The molecule has 0 radical (unpaired) electrons. The molecule has 0 saturated carbocycles. The fourth-order valence-corrected chi connectivity index (χ4v) is 1.13. The van der Waals surface area contributed by atoms with Gasteiger partial charge in [-0.2, -0.15) is 0 Å². The first-order valence-electron chi connectivity index (χ1n) is 4.27. The van der Waals surface area contributed by atoms with Gasteiger partial charge in [0.25, 0.3) is 0 Å². The van der Waals surface area contributed by atoms with E-state index in [0.29, 0.717) is 11.1 Å². The summed E-state index contributed by atoms with van der Waals surface area (Å²) < 4.78 is 0. The van der Waals surface area contributed by atoms with Gasteiger partial charge in [-0.25, -0.2) is 0 Å². The van der Waals surface area contributed by atoms with Gasteiger partial charge in [-0.3, -0.25) is 0 Å². The van der Waals surface area contributed by atoms with E-state index in [0.717, 1.165) is 13.0 Å². The van der Waals surface area contributed by atoms with Crippen molar-refractivity contribution in [2.24, 2.45) is 0 Å². The van der Waals surface area contributed by atoms with Crippen molar-refractivity contribution in [1.29, 1.82) is 0 Å². The van der Waals surface area contributed by atoms with Crippen LogP contribution in [0.15, 0.2) is 11.6 Å². The van der Waals surface area contributed by atoms with E-state index in [1.807, 2.05) is 0 Å². The monoisotopic (exact) mass is 175 g/mol. The van der Waals surface area contributed by atoms with Gasteiger partial charge < -0.3 is 5.32 Å². The molecule has 1 N–H and O–H groups in total. The van der Waals surface area contributed by atoms with Crippen molar-refractivity contribution in [3.05, 3.63) is 11.6 Å². The van der Waals surface area contributed by atoms with Crippen LogP contribution in [0.2, 0.25) is 0 Å². The van der Waals surface area contributed by atoms with E-state index in [-0.39, 0.29) is 0 Å². The fraction of sp³-hybridized carbons (Fsp3) is 0.778. The topological polar surface area (TPSA) is 12.0 Å². The summed E-state index contributed by atoms with van der Waals surface area (Å²) in [4.78, 5) is 0. The van der Waals surface area contributed by atoms with Crippen LogP contribution in [0.1, 0.15) is 33.1 Å². The molecule has 0 aromatic heterocycles. The van der Waals surface area contributed by atoms with Crippen LogP contribution in [0.4, 0.5) is 0 Å². The third-order valence-electron chi connectivity index (χ3n) is 1.71. The Labute approximate surface area is 74.8 Å². The first kappa shape index (κ1) is 11.0. The molecule has 1 nitrogen and oxygen atoms in total. The molecule has 0 bridgehead atoms. The lowest BCUT2D eigenvalue weighted by atomic mass is 10.1. The number of nitrogens with one attached hydrogen (secondary N) is 1. The van der Waals surface area contributed by atoms with Crippen LogP contribution in [-0.4, -0.2) is 12.6 Å². The third kappa shape index (κ3) is 6.39. The Kier molecular flexibility index (Phi) is 6.68. The van der Waals surface area contributed by atoms with Crippen molar-refractivity contribution in [1.82, 2.24) is 5.32 Å². The summed E-state index contributed by atoms with van der Waals surface area (Å²) in [6, 6.07) is 0.607. The van der Waals surface area contributed by atoms with Crippen LogP contribution in [0, 0.1) is 0 Å². The van der Waals surface area contributed by atoms with Crippen LogP contribution in [0.3, 0.4) is 0 Å². The number of hydrogen-bond acceptors (Lipinski definition) is 1. The highest BCUT2D eigenvalue weighted by atomic mass is 35.5. The molecule has 0 saturated heterocycles. The molecule has 0 amide bonds. The summed E-state index contributed by atoms with van der Waals surface area (Å²) in [5.41, 5.74) is 0. The summed E-state index contributed by atoms with van der Waals surface area (Å²) >= 11 is 5.62. The van der Waals surface area contributed by atoms with Crippen LogP contribution < -0.4 is 5.32 Å². The van der Waals surface area contributed by atoms with E-state index in [2.05, 4.69) is 25.7 Å². The number of hydrogen-bond donors (Lipinski definition) is 1. The van der Waals surface area contributed by atoms with Gasteiger partial charge in [0.15, 0.2) is 0 Å². The Bertz CT molecular complexity index is 112. The smallest absolute Gasteiger partial charge is 0.0310 e. The zero-order valence-electron chi connectivity index (χ0n) is 7.49. The molecule has 1 unspecified atom stereocenters. The highest BCUT2D eigenvalue weighted by Gasteiger charge is 2.02. The molecule has 11 heavy (non-hydrogen) atoms. The minimum absolute atomic E-state index is 0.607. The summed E-state index contributed by atoms with van der Waals surface area (Å²) in [6.07, 6.45) is 3.61. The molecular formula is C9H18ClN. The summed E-state index contributed by atoms with van der Waals surface area (Å²) in [5.74, 6) is 0. The zero-order valence-corrected chi connectivity index (χ0v) is 8.25. The van der Waals surface area contributed by atoms with Gasteiger partial charge in [0, 0.05) is 17.6 Å². The van der Waals surface area contributed by atoms with Gasteiger partial charge in [-0.05, 0) is 12.8 Å². The summed E-state index contributed by atoms with van der Waals surface area (Å²) in [6.45, 7) is 8.74. The van der Waals surface area contributed by atoms with Crippen LogP contribution in [0.25, 0.3) is 0 Å². The quantitative estimate of drug-likeness (QED) is 0.655. The minimum Gasteiger partial charge on any atom is -0.309 e. The van der Waals surface area contributed by atoms with E-state index >= 15 is 0 Å². The molecule has 66 valence electrons. The molecular weight excluding hydrogens is 158 g/mol. The lowest BCUT2D eigenvalue weighted by Gasteiger charge is -2.14. The molecule has 0 aliphatic heterocycles. The predicted octanol–water partition coefficient (Wildman–Crippen LogP) is 2.91. The average Bonchev–Trinajstić information content (AvgIpc) is 1.97. The molecule has 2 heteroatoms. The normalized spacial score (nSPS) is 13.0. The van der Waals surface area contributed by atoms with Gasteiger partial charge in [0.05, 0.1) is 0 Å². The largest absolute Gasteiger partial charge is 0.309 e. The number of rotatable bonds is 6. The molecule has 0 aromatic carbocycles. The maximum atomic E-state index is 5.62. The van der Waals surface area contributed by atoms with Crippen LogP contribution in [0.5, 0.6) is 0 Å². The lowest BCUT2D eigenvalue weighted by Crippen LogP contribution is -2.29. The summed E-state index contributed by atoms with van der Waals surface area (Å²) in [7, 11) is 0. The average molecular weight is 176 g/mol. The second kappa shape index (κ2) is 6.68. The molecule has 0 rings (SSSR count). The van der Waals surface area contributed by atoms with E-state index in [1.165, 1.54) is 12.8 Å². The Morgan fingerprint density at radius 2 is 2.18 bits per heavy atom. The summed E-state index contributed by atoms with van der Waals surface area (Å²) in [5, 5.41) is 4.03. The van der Waals surface area contributed by atoms with Crippen molar-refractivity contribution in [2.75, 3.05) is 6.54 Å². The Balaban J connectivity index is 3.43. The predicted molar refractivity (Wildman–Crippen MR) is 52.0 cm³/mol. The van der Waals surface area contributed by atoms with E-state index in [9.17, 15) is 0 Å². The molecule has 0 aliphatic rings. The zero-order chi connectivity index (χ0) is 8.69. The van der Waals surface area contributed by atoms with E-state index in [1.54, 1.807) is 0 Å². The highest BCUT2D eigenvalue weighted by Crippen LogP contribution is 2.02. The van der Waals surface area contributed by atoms with Crippen molar-refractivity contribution in [3.8, 4) is 0 Å². The third-order valence-corrected chi connectivity index (χ3v) is 1.85. The first-order valence-corrected chi connectivity index (χ1v) is 4.65. The van der Waals surface area contributed by atoms with Crippen molar-refractivity contribution in [2.45, 2.75) is 39.2 Å². The second-order valence-corrected chi connectivity index (χ2v) is 3.33. The standard InChI is InChI=1S/C9H18ClN/c1-4-6-9(5-2)11-7-8(3)10/h9,11H,3-7H2,1-2H3. The maximum absolute atomic E-state index is 5.62. The Hall–Kier alpha value is -0.0100. The van der Waals surface area contributed by atoms with E-state index in [4.69, 9.17) is 11.6 Å². The molecule has 0 spiro atoms. The van der Waals surface area contributed by atoms with Crippen molar-refractivity contribution < 1.29 is 0 Å². The van der Waals surface area contributed by atoms with Crippen molar-refractivity contribution >= 4 is 11.6 Å². The molecule has 0 aromatic rings. The lowest BCUT2D eigenvalue weighted by molar-refractivity contribution is 0.484. The molecule has 0 fully saturated rings. The highest BCUT2D eigenvalue weighted by molar-refractivity contribution is 6.29. The van der Waals surface area contributed by atoms with Gasteiger partial charge >= 0.3 is 0 Å². The van der Waals surface area contributed by atoms with Crippen LogP contribution >= 0.6 is 11.6 Å². The van der Waals surface area contributed by atoms with Gasteiger partial charge in [-0.1, -0.05) is 38.4 Å². The van der Waals surface area contributed by atoms with E-state index < -0.39 is 0 Å². The fourth-order valence-electron chi connectivity index (χ4n) is 1.05. The second-order valence-electron chi connectivity index (χ2n) is 2.79. The number of halogens is 1. The Morgan fingerprint density at radius 3 is 2.55 bits per heavy atom. The molecule has 1 atom stereocenters. The SMILES string of the molecule is C=C(Cl)CNC(CC)CCC. The van der Waals surface area contributed by atoms with Gasteiger partial charge in [-0.15, -0.1) is 0 Å².